The highest BCUT2D eigenvalue weighted by atomic mass is 32.2. The molecule has 0 aromatic heterocycles. The van der Waals surface area contributed by atoms with Crippen molar-refractivity contribution in [3.05, 3.63) is 30.3 Å². The zero-order valence-electron chi connectivity index (χ0n) is 14.7. The summed E-state index contributed by atoms with van der Waals surface area (Å²) in [4.78, 5) is 2.30. The Bertz CT molecular complexity index is 605. The summed E-state index contributed by atoms with van der Waals surface area (Å²) in [6.45, 7) is 11.8. The van der Waals surface area contributed by atoms with Gasteiger partial charge in [0.15, 0.2) is 0 Å². The molecule has 0 aliphatic heterocycles. The van der Waals surface area contributed by atoms with Crippen molar-refractivity contribution in [3.8, 4) is 0 Å². The molecule has 1 aromatic carbocycles. The Hall–Kier alpha value is -1.00. The minimum absolute atomic E-state index is 0.0741. The van der Waals surface area contributed by atoms with Gasteiger partial charge in [-0.15, -0.1) is 0 Å². The van der Waals surface area contributed by atoms with Gasteiger partial charge in [0, 0.05) is 0 Å². The topological polar surface area (TPSA) is 112 Å². The van der Waals surface area contributed by atoms with Crippen molar-refractivity contribution in [2.24, 2.45) is 0 Å². The fourth-order valence-electron chi connectivity index (χ4n) is 1.52. The maximum atomic E-state index is 10.4. The fraction of sp³-hybridized carbons (Fsp3) is 0.600. The molecule has 1 aromatic rings. The summed E-state index contributed by atoms with van der Waals surface area (Å²) in [5.41, 5.74) is 0. The van der Waals surface area contributed by atoms with E-state index in [1.165, 1.54) is 31.8 Å². The molecule has 7 nitrogen and oxygen atoms in total. The summed E-state index contributed by atoms with van der Waals surface area (Å²) in [6.07, 6.45) is 0.471. The lowest BCUT2D eigenvalue weighted by Crippen LogP contribution is -2.21. The standard InChI is InChI=1S/C6H15N.C6H6O3S.C3H8O3S/c1-4-7(5-2)6-3;7-10(8,9)6-4-2-1-3-5-6;1-2-3-7(4,5)6/h4-6H2,1-3H3;1-5H,(H,7,8,9);2-3H2,1H3,(H,4,5,6). The number of benzene rings is 1. The maximum Gasteiger partial charge on any atom is 0.294 e. The molecule has 0 heterocycles. The molecule has 0 fully saturated rings. The van der Waals surface area contributed by atoms with Gasteiger partial charge in [0.25, 0.3) is 20.2 Å². The normalized spacial score (nSPS) is 11.1. The van der Waals surface area contributed by atoms with Crippen LogP contribution in [0.15, 0.2) is 35.2 Å². The lowest BCUT2D eigenvalue weighted by molar-refractivity contribution is 0.321. The molecule has 0 amide bonds. The van der Waals surface area contributed by atoms with Crippen LogP contribution < -0.4 is 0 Å². The highest BCUT2D eigenvalue weighted by Crippen LogP contribution is 2.05. The van der Waals surface area contributed by atoms with Gasteiger partial charge in [0.05, 0.1) is 10.6 Å². The van der Waals surface area contributed by atoms with Gasteiger partial charge in [-0.1, -0.05) is 45.9 Å². The van der Waals surface area contributed by atoms with Gasteiger partial charge in [-0.05, 0) is 38.2 Å². The average Bonchev–Trinajstić information content (AvgIpc) is 2.49. The summed E-state index contributed by atoms with van der Waals surface area (Å²) >= 11 is 0. The van der Waals surface area contributed by atoms with Crippen LogP contribution in [0.2, 0.25) is 0 Å². The van der Waals surface area contributed by atoms with Crippen molar-refractivity contribution < 1.29 is 25.9 Å². The van der Waals surface area contributed by atoms with Crippen LogP contribution in [0, 0.1) is 0 Å². The van der Waals surface area contributed by atoms with Crippen LogP contribution in [0.25, 0.3) is 0 Å². The zero-order valence-corrected chi connectivity index (χ0v) is 16.3. The predicted molar refractivity (Wildman–Crippen MR) is 96.4 cm³/mol. The average molecular weight is 384 g/mol. The van der Waals surface area contributed by atoms with Gasteiger partial charge < -0.3 is 4.90 Å². The third-order valence-corrected chi connectivity index (χ3v) is 4.64. The quantitative estimate of drug-likeness (QED) is 0.726. The SMILES string of the molecule is CCCS(=O)(=O)O.CCN(CC)CC.O=S(=O)(O)c1ccccc1. The molecule has 0 aliphatic carbocycles. The third kappa shape index (κ3) is 15.9. The number of hydrogen-bond donors (Lipinski definition) is 2. The molecule has 0 radical (unpaired) electrons. The molecule has 0 saturated carbocycles. The van der Waals surface area contributed by atoms with Crippen molar-refractivity contribution in [1.29, 1.82) is 0 Å². The molecule has 9 heteroatoms. The minimum Gasteiger partial charge on any atom is -0.304 e. The lowest BCUT2D eigenvalue weighted by Gasteiger charge is -2.13. The minimum atomic E-state index is -4.00. The van der Waals surface area contributed by atoms with E-state index in [9.17, 15) is 16.8 Å². The summed E-state index contributed by atoms with van der Waals surface area (Å²) in [7, 11) is -7.68. The largest absolute Gasteiger partial charge is 0.304 e. The van der Waals surface area contributed by atoms with Crippen LogP contribution in [0.1, 0.15) is 34.1 Å². The zero-order chi connectivity index (χ0) is 19.2. The van der Waals surface area contributed by atoms with E-state index >= 15 is 0 Å². The Kier molecular flexibility index (Phi) is 14.0. The van der Waals surface area contributed by atoms with Gasteiger partial charge in [-0.3, -0.25) is 9.11 Å². The number of nitrogens with zero attached hydrogens (tertiary/aromatic N) is 1. The van der Waals surface area contributed by atoms with Crippen LogP contribution in [0.4, 0.5) is 0 Å². The summed E-state index contributed by atoms with van der Waals surface area (Å²) in [5.74, 6) is -0.132. The van der Waals surface area contributed by atoms with E-state index in [-0.39, 0.29) is 10.6 Å². The first-order valence-corrected chi connectivity index (χ1v) is 10.8. The molecule has 0 atom stereocenters. The fourth-order valence-corrected chi connectivity index (χ4v) is 2.54. The highest BCUT2D eigenvalue weighted by molar-refractivity contribution is 7.86. The maximum absolute atomic E-state index is 10.4. The monoisotopic (exact) mass is 383 g/mol. The van der Waals surface area contributed by atoms with E-state index in [4.69, 9.17) is 9.11 Å². The molecule has 0 saturated heterocycles. The molecule has 142 valence electrons. The predicted octanol–water partition coefficient (Wildman–Crippen LogP) is 2.57. The molecule has 0 bridgehead atoms. The molecule has 24 heavy (non-hydrogen) atoms. The van der Waals surface area contributed by atoms with Crippen LogP contribution >= 0.6 is 0 Å². The summed E-state index contributed by atoms with van der Waals surface area (Å²) in [6, 6.07) is 7.42. The molecule has 0 unspecified atom stereocenters. The second kappa shape index (κ2) is 13.3. The van der Waals surface area contributed by atoms with E-state index in [0.29, 0.717) is 6.42 Å². The van der Waals surface area contributed by atoms with Gasteiger partial charge in [-0.25, -0.2) is 0 Å². The van der Waals surface area contributed by atoms with Crippen LogP contribution in [-0.4, -0.2) is 56.2 Å². The van der Waals surface area contributed by atoms with Crippen LogP contribution in [-0.2, 0) is 20.2 Å². The molecule has 0 aliphatic rings. The van der Waals surface area contributed by atoms with E-state index in [0.717, 1.165) is 0 Å². The van der Waals surface area contributed by atoms with Crippen molar-refractivity contribution >= 4 is 20.2 Å². The summed E-state index contributed by atoms with van der Waals surface area (Å²) in [5, 5.41) is 0. The Labute approximate surface area is 146 Å². The van der Waals surface area contributed by atoms with Gasteiger partial charge in [0.1, 0.15) is 0 Å². The second-order valence-corrected chi connectivity index (χ2v) is 7.69. The number of hydrogen-bond acceptors (Lipinski definition) is 5. The van der Waals surface area contributed by atoms with E-state index < -0.39 is 20.2 Å². The Morgan fingerprint density at radius 2 is 1.25 bits per heavy atom. The first-order valence-electron chi connectivity index (χ1n) is 7.71. The van der Waals surface area contributed by atoms with E-state index in [1.54, 1.807) is 25.1 Å². The molecular formula is C15H29NO6S2. The van der Waals surface area contributed by atoms with E-state index in [1.807, 2.05) is 0 Å². The van der Waals surface area contributed by atoms with Crippen LogP contribution in [0.3, 0.4) is 0 Å². The molecule has 1 rings (SSSR count). The first-order chi connectivity index (χ1) is 11.0. The lowest BCUT2D eigenvalue weighted by atomic mass is 10.4. The van der Waals surface area contributed by atoms with Crippen molar-refractivity contribution in [2.45, 2.75) is 39.0 Å². The Morgan fingerprint density at radius 3 is 1.38 bits per heavy atom. The molecule has 0 spiro atoms. The smallest absolute Gasteiger partial charge is 0.294 e. The third-order valence-electron chi connectivity index (χ3n) is 2.84. The Morgan fingerprint density at radius 1 is 0.833 bits per heavy atom. The van der Waals surface area contributed by atoms with Crippen molar-refractivity contribution in [1.82, 2.24) is 4.90 Å². The Balaban J connectivity index is 0. The van der Waals surface area contributed by atoms with Crippen molar-refractivity contribution in [3.63, 3.8) is 0 Å². The molecular weight excluding hydrogens is 354 g/mol. The first kappa shape index (κ1) is 25.2. The van der Waals surface area contributed by atoms with E-state index in [2.05, 4.69) is 25.7 Å². The van der Waals surface area contributed by atoms with Gasteiger partial charge >= 0.3 is 0 Å². The number of rotatable bonds is 6. The molecule has 2 N–H and O–H groups in total. The highest BCUT2D eigenvalue weighted by Gasteiger charge is 2.05. The van der Waals surface area contributed by atoms with Gasteiger partial charge in [0.2, 0.25) is 0 Å². The second-order valence-electron chi connectivity index (χ2n) is 4.69. The van der Waals surface area contributed by atoms with Crippen LogP contribution in [0.5, 0.6) is 0 Å². The summed E-state index contributed by atoms with van der Waals surface area (Å²) < 4.78 is 56.8. The van der Waals surface area contributed by atoms with Crippen molar-refractivity contribution in [2.75, 3.05) is 25.4 Å². The van der Waals surface area contributed by atoms with Gasteiger partial charge in [-0.2, -0.15) is 16.8 Å².